The predicted molar refractivity (Wildman–Crippen MR) is 153 cm³/mol. The molecule has 2 atom stereocenters. The molecule has 3 aliphatic rings. The number of halogens is 1. The number of aliphatic hydroxyl groups excluding tert-OH is 1. The fourth-order valence-corrected chi connectivity index (χ4v) is 5.84. The van der Waals surface area contributed by atoms with Gasteiger partial charge in [0.2, 0.25) is 11.9 Å². The maximum absolute atomic E-state index is 12.9. The second-order valence-corrected chi connectivity index (χ2v) is 10.7. The van der Waals surface area contributed by atoms with Gasteiger partial charge in [-0.15, -0.1) is 12.4 Å². The molecule has 8 heteroatoms. The zero-order valence-electron chi connectivity index (χ0n) is 22.4. The van der Waals surface area contributed by atoms with Gasteiger partial charge in [-0.3, -0.25) is 4.79 Å². The zero-order valence-corrected chi connectivity index (χ0v) is 23.2. The van der Waals surface area contributed by atoms with Crippen molar-refractivity contribution in [3.05, 3.63) is 53.9 Å². The van der Waals surface area contributed by atoms with E-state index < -0.39 is 0 Å². The number of hydrogen-bond acceptors (Lipinski definition) is 6. The number of nitrogens with zero attached hydrogens (tertiary/aromatic N) is 4. The van der Waals surface area contributed by atoms with Crippen molar-refractivity contribution in [3.63, 3.8) is 0 Å². The lowest BCUT2D eigenvalue weighted by Crippen LogP contribution is -2.41. The molecule has 2 unspecified atom stereocenters. The number of ether oxygens (including phenoxy) is 1. The van der Waals surface area contributed by atoms with Crippen LogP contribution in [0.4, 0.5) is 5.95 Å². The van der Waals surface area contributed by atoms with Crippen LogP contribution < -0.4 is 9.64 Å². The van der Waals surface area contributed by atoms with E-state index in [1.54, 1.807) is 0 Å². The lowest BCUT2D eigenvalue weighted by atomic mass is 9.85. The van der Waals surface area contributed by atoms with Crippen LogP contribution in [0.25, 0.3) is 5.57 Å². The van der Waals surface area contributed by atoms with E-state index in [2.05, 4.69) is 52.1 Å². The second kappa shape index (κ2) is 13.4. The fraction of sp³-hybridized carbons (Fsp3) is 0.567. The number of hydrogen-bond donors (Lipinski definition) is 1. The van der Waals surface area contributed by atoms with Crippen LogP contribution in [0.2, 0.25) is 0 Å². The Morgan fingerprint density at radius 2 is 1.79 bits per heavy atom. The number of aliphatic hydroxyl groups is 1. The molecule has 0 spiro atoms. The Bertz CT molecular complexity index is 1070. The molecule has 0 bridgehead atoms. The summed E-state index contributed by atoms with van der Waals surface area (Å²) >= 11 is 0. The van der Waals surface area contributed by atoms with E-state index >= 15 is 0 Å². The Hall–Kier alpha value is -2.64. The third-order valence-corrected chi connectivity index (χ3v) is 8.34. The van der Waals surface area contributed by atoms with Crippen molar-refractivity contribution in [1.29, 1.82) is 0 Å². The quantitative estimate of drug-likeness (QED) is 0.512. The van der Waals surface area contributed by atoms with E-state index in [9.17, 15) is 9.90 Å². The van der Waals surface area contributed by atoms with Crippen LogP contribution in [0, 0.1) is 11.8 Å². The van der Waals surface area contributed by atoms with E-state index in [4.69, 9.17) is 4.74 Å². The van der Waals surface area contributed by atoms with Crippen molar-refractivity contribution >= 4 is 29.8 Å². The van der Waals surface area contributed by atoms with Gasteiger partial charge in [-0.25, -0.2) is 9.97 Å². The summed E-state index contributed by atoms with van der Waals surface area (Å²) < 4.78 is 6.15. The highest BCUT2D eigenvalue weighted by atomic mass is 35.5. The molecule has 2 aliphatic heterocycles. The van der Waals surface area contributed by atoms with Gasteiger partial charge in [-0.2, -0.15) is 0 Å². The highest BCUT2D eigenvalue weighted by Crippen LogP contribution is 2.33. The molecule has 5 rings (SSSR count). The zero-order chi connectivity index (χ0) is 25.6. The standard InChI is InChI=1S/C30H40N4O3.ClH/c1-2-22-18-31-30(32-19-22)33-16-13-23(14-17-33)21-37-28-11-9-25(10-12-28)24-5-7-26(8-6-24)29(36)34-15-3-4-27(34)20-35;/h5,9-12,18-19,23,26-27,35H,2-4,6-8,13-17,20-21H2,1H3;1H. The van der Waals surface area contributed by atoms with Gasteiger partial charge in [0, 0.05) is 37.9 Å². The van der Waals surface area contributed by atoms with Gasteiger partial charge in [0.05, 0.1) is 19.3 Å². The number of piperidine rings is 1. The summed E-state index contributed by atoms with van der Waals surface area (Å²) in [6.07, 6.45) is 13.7. The smallest absolute Gasteiger partial charge is 0.226 e. The van der Waals surface area contributed by atoms with Gasteiger partial charge in [-0.1, -0.05) is 25.1 Å². The summed E-state index contributed by atoms with van der Waals surface area (Å²) in [6, 6.07) is 8.45. The average molecular weight is 541 g/mol. The summed E-state index contributed by atoms with van der Waals surface area (Å²) in [5, 5.41) is 9.55. The van der Waals surface area contributed by atoms with Crippen LogP contribution in [0.15, 0.2) is 42.7 Å². The molecule has 1 amide bonds. The largest absolute Gasteiger partial charge is 0.493 e. The van der Waals surface area contributed by atoms with E-state index in [0.29, 0.717) is 5.92 Å². The minimum absolute atomic E-state index is 0. The molecule has 1 N–H and O–H groups in total. The van der Waals surface area contributed by atoms with Crippen LogP contribution >= 0.6 is 12.4 Å². The number of carbonyl (C=O) groups is 1. The fourth-order valence-electron chi connectivity index (χ4n) is 5.84. The van der Waals surface area contributed by atoms with Crippen molar-refractivity contribution in [3.8, 4) is 5.75 Å². The number of aryl methyl sites for hydroxylation is 1. The molecule has 2 aromatic rings. The topological polar surface area (TPSA) is 78.8 Å². The summed E-state index contributed by atoms with van der Waals surface area (Å²) in [5.74, 6) is 2.57. The normalized spacial score (nSPS) is 22.1. The Morgan fingerprint density at radius 3 is 2.42 bits per heavy atom. The molecular weight excluding hydrogens is 500 g/mol. The number of carbonyl (C=O) groups excluding carboxylic acids is 1. The first kappa shape index (κ1) is 28.4. The third kappa shape index (κ3) is 6.67. The molecule has 3 heterocycles. The predicted octanol–water partition coefficient (Wildman–Crippen LogP) is 4.92. The molecule has 1 aromatic carbocycles. The minimum Gasteiger partial charge on any atom is -0.493 e. The first-order valence-corrected chi connectivity index (χ1v) is 14.0. The van der Waals surface area contributed by atoms with Crippen LogP contribution in [-0.4, -0.2) is 64.8 Å². The maximum atomic E-state index is 12.9. The number of allylic oxidation sites excluding steroid dienone is 2. The highest BCUT2D eigenvalue weighted by molar-refractivity contribution is 5.85. The molecule has 1 aliphatic carbocycles. The molecular formula is C30H41ClN4O3. The Morgan fingerprint density at radius 1 is 1.05 bits per heavy atom. The van der Waals surface area contributed by atoms with Gasteiger partial charge in [-0.05, 0) is 86.1 Å². The number of amides is 1. The van der Waals surface area contributed by atoms with Crippen molar-refractivity contribution in [1.82, 2.24) is 14.9 Å². The van der Waals surface area contributed by atoms with Crippen molar-refractivity contribution in [2.24, 2.45) is 11.8 Å². The Labute approximate surface area is 232 Å². The lowest BCUT2D eigenvalue weighted by Gasteiger charge is -2.31. The summed E-state index contributed by atoms with van der Waals surface area (Å²) in [4.78, 5) is 26.2. The molecule has 2 saturated heterocycles. The highest BCUT2D eigenvalue weighted by Gasteiger charge is 2.33. The number of benzene rings is 1. The average Bonchev–Trinajstić information content (AvgIpc) is 3.45. The first-order valence-electron chi connectivity index (χ1n) is 14.0. The van der Waals surface area contributed by atoms with Crippen LogP contribution in [0.5, 0.6) is 5.75 Å². The van der Waals surface area contributed by atoms with Crippen LogP contribution in [0.3, 0.4) is 0 Å². The van der Waals surface area contributed by atoms with Crippen molar-refractivity contribution in [2.75, 3.05) is 37.7 Å². The maximum Gasteiger partial charge on any atom is 0.226 e. The minimum atomic E-state index is 0. The Kier molecular flexibility index (Phi) is 10.0. The molecule has 206 valence electrons. The number of aromatic nitrogens is 2. The van der Waals surface area contributed by atoms with Crippen LogP contribution in [-0.2, 0) is 11.2 Å². The number of likely N-dealkylation sites (tertiary alicyclic amines) is 1. The number of anilines is 1. The SMILES string of the molecule is CCc1cnc(N2CCC(COc3ccc(C4=CCC(C(=O)N5CCCC5CO)CC4)cc3)CC2)nc1.Cl. The molecule has 38 heavy (non-hydrogen) atoms. The van der Waals surface area contributed by atoms with E-state index in [-0.39, 0.29) is 36.9 Å². The summed E-state index contributed by atoms with van der Waals surface area (Å²) in [6.45, 7) is 5.66. The first-order chi connectivity index (χ1) is 18.1. The third-order valence-electron chi connectivity index (χ3n) is 8.34. The van der Waals surface area contributed by atoms with E-state index in [0.717, 1.165) is 89.3 Å². The summed E-state index contributed by atoms with van der Waals surface area (Å²) in [7, 11) is 0. The molecule has 7 nitrogen and oxygen atoms in total. The molecule has 1 aromatic heterocycles. The van der Waals surface area contributed by atoms with E-state index in [1.165, 1.54) is 16.7 Å². The van der Waals surface area contributed by atoms with Gasteiger partial charge in [0.1, 0.15) is 5.75 Å². The number of rotatable bonds is 8. The second-order valence-electron chi connectivity index (χ2n) is 10.7. The van der Waals surface area contributed by atoms with Crippen molar-refractivity contribution < 1.29 is 14.6 Å². The van der Waals surface area contributed by atoms with Gasteiger partial charge >= 0.3 is 0 Å². The molecule has 2 fully saturated rings. The Balaban J connectivity index is 0.00000336. The monoisotopic (exact) mass is 540 g/mol. The van der Waals surface area contributed by atoms with Crippen LogP contribution in [0.1, 0.15) is 63.0 Å². The lowest BCUT2D eigenvalue weighted by molar-refractivity contribution is -0.137. The molecule has 0 radical (unpaired) electrons. The van der Waals surface area contributed by atoms with Gasteiger partial charge in [0.15, 0.2) is 0 Å². The van der Waals surface area contributed by atoms with Crippen molar-refractivity contribution in [2.45, 2.75) is 64.3 Å². The van der Waals surface area contributed by atoms with Gasteiger partial charge in [0.25, 0.3) is 0 Å². The molecule has 0 saturated carbocycles. The van der Waals surface area contributed by atoms with Gasteiger partial charge < -0.3 is 19.6 Å². The van der Waals surface area contributed by atoms with E-state index in [1.807, 2.05) is 17.3 Å². The summed E-state index contributed by atoms with van der Waals surface area (Å²) in [5.41, 5.74) is 3.71.